The van der Waals surface area contributed by atoms with Crippen LogP contribution in [0.2, 0.25) is 0 Å². The SMILES string of the molecule is COc1ccc([C@@H]2[C@H](C(=O)[O-])c3ccccc3C(=O)N2c2ccc(C)cc2)cc1. The van der Waals surface area contributed by atoms with Gasteiger partial charge in [0.1, 0.15) is 5.75 Å². The number of methoxy groups -OCH3 is 1. The van der Waals surface area contributed by atoms with Gasteiger partial charge in [-0.1, -0.05) is 48.0 Å². The third-order valence-corrected chi connectivity index (χ3v) is 5.36. The number of nitrogens with zero attached hydrogens (tertiary/aromatic N) is 1. The second-order valence-electron chi connectivity index (χ2n) is 7.11. The van der Waals surface area contributed by atoms with Gasteiger partial charge in [0, 0.05) is 17.2 Å². The van der Waals surface area contributed by atoms with Gasteiger partial charge in [0.2, 0.25) is 0 Å². The Morgan fingerprint density at radius 2 is 1.62 bits per heavy atom. The van der Waals surface area contributed by atoms with Gasteiger partial charge < -0.3 is 14.6 Å². The second kappa shape index (κ2) is 7.43. The molecule has 0 fully saturated rings. The smallest absolute Gasteiger partial charge is 0.259 e. The summed E-state index contributed by atoms with van der Waals surface area (Å²) in [7, 11) is 1.57. The molecule has 0 saturated heterocycles. The van der Waals surface area contributed by atoms with E-state index in [1.54, 1.807) is 60.5 Å². The second-order valence-corrected chi connectivity index (χ2v) is 7.11. The molecule has 5 nitrogen and oxygen atoms in total. The van der Waals surface area contributed by atoms with Crippen LogP contribution >= 0.6 is 0 Å². The van der Waals surface area contributed by atoms with Gasteiger partial charge in [-0.2, -0.15) is 0 Å². The molecule has 3 aromatic rings. The third-order valence-electron chi connectivity index (χ3n) is 5.36. The molecule has 0 saturated carbocycles. The quantitative estimate of drug-likeness (QED) is 0.690. The number of carboxylic acid groups (broad SMARTS) is 1. The summed E-state index contributed by atoms with van der Waals surface area (Å²) in [5.41, 5.74) is 3.25. The summed E-state index contributed by atoms with van der Waals surface area (Å²) in [5.74, 6) is -1.80. The van der Waals surface area contributed by atoms with Gasteiger partial charge in [-0.15, -0.1) is 0 Å². The number of aryl methyl sites for hydroxylation is 1. The Balaban J connectivity index is 1.95. The van der Waals surface area contributed by atoms with Crippen LogP contribution in [0.25, 0.3) is 0 Å². The number of amides is 1. The third kappa shape index (κ3) is 3.25. The first-order valence-corrected chi connectivity index (χ1v) is 9.35. The largest absolute Gasteiger partial charge is 0.549 e. The maximum atomic E-state index is 13.5. The average molecular weight is 386 g/mol. The fourth-order valence-electron chi connectivity index (χ4n) is 3.92. The van der Waals surface area contributed by atoms with Gasteiger partial charge in [-0.3, -0.25) is 9.69 Å². The lowest BCUT2D eigenvalue weighted by molar-refractivity contribution is -0.308. The minimum atomic E-state index is -1.22. The first-order valence-electron chi connectivity index (χ1n) is 9.35. The highest BCUT2D eigenvalue weighted by molar-refractivity contribution is 6.10. The van der Waals surface area contributed by atoms with Crippen molar-refractivity contribution >= 4 is 17.6 Å². The molecule has 1 aliphatic rings. The maximum Gasteiger partial charge on any atom is 0.259 e. The summed E-state index contributed by atoms with van der Waals surface area (Å²) in [5, 5.41) is 12.3. The molecule has 4 rings (SSSR count). The van der Waals surface area contributed by atoms with E-state index in [1.807, 2.05) is 31.2 Å². The van der Waals surface area contributed by atoms with Crippen LogP contribution < -0.4 is 14.7 Å². The van der Waals surface area contributed by atoms with Gasteiger partial charge in [-0.25, -0.2) is 0 Å². The van der Waals surface area contributed by atoms with Crippen LogP contribution in [-0.2, 0) is 4.79 Å². The predicted molar refractivity (Wildman–Crippen MR) is 108 cm³/mol. The zero-order chi connectivity index (χ0) is 20.5. The van der Waals surface area contributed by atoms with E-state index < -0.39 is 17.9 Å². The molecule has 1 amide bonds. The predicted octanol–water partition coefficient (Wildman–Crippen LogP) is 3.24. The Morgan fingerprint density at radius 3 is 2.24 bits per heavy atom. The number of carbonyl (C=O) groups excluding carboxylic acids is 2. The van der Waals surface area contributed by atoms with Crippen molar-refractivity contribution in [1.82, 2.24) is 0 Å². The number of hydrogen-bond acceptors (Lipinski definition) is 4. The highest BCUT2D eigenvalue weighted by Gasteiger charge is 2.42. The van der Waals surface area contributed by atoms with Crippen LogP contribution in [0, 0.1) is 6.92 Å². The highest BCUT2D eigenvalue weighted by atomic mass is 16.5. The average Bonchev–Trinajstić information content (AvgIpc) is 2.74. The number of carbonyl (C=O) groups is 2. The Kier molecular flexibility index (Phi) is 4.80. The van der Waals surface area contributed by atoms with Crippen LogP contribution in [0.3, 0.4) is 0 Å². The number of fused-ring (bicyclic) bond motifs is 1. The van der Waals surface area contributed by atoms with Gasteiger partial charge in [-0.05, 0) is 48.4 Å². The van der Waals surface area contributed by atoms with E-state index in [0.717, 1.165) is 5.56 Å². The molecule has 0 unspecified atom stereocenters. The molecule has 0 bridgehead atoms. The molecule has 5 heteroatoms. The number of benzene rings is 3. The molecule has 1 heterocycles. The lowest BCUT2D eigenvalue weighted by Crippen LogP contribution is -2.48. The first-order chi connectivity index (χ1) is 14.0. The fraction of sp³-hybridized carbons (Fsp3) is 0.167. The summed E-state index contributed by atoms with van der Waals surface area (Å²) in [6.45, 7) is 1.96. The summed E-state index contributed by atoms with van der Waals surface area (Å²) >= 11 is 0. The standard InChI is InChI=1S/C24H21NO4/c1-15-7-11-17(12-8-15)25-22(16-9-13-18(29-2)14-10-16)21(24(27)28)19-5-3-4-6-20(19)23(25)26/h3-14,21-22H,1-2H3,(H,27,28)/p-1/t21-,22-/m1/s1. The Morgan fingerprint density at radius 1 is 0.966 bits per heavy atom. The monoisotopic (exact) mass is 386 g/mol. The molecule has 3 aromatic carbocycles. The van der Waals surface area contributed by atoms with Gasteiger partial charge >= 0.3 is 0 Å². The molecule has 146 valence electrons. The van der Waals surface area contributed by atoms with E-state index in [9.17, 15) is 14.7 Å². The fourth-order valence-corrected chi connectivity index (χ4v) is 3.92. The number of rotatable bonds is 4. The van der Waals surface area contributed by atoms with Crippen molar-refractivity contribution in [2.45, 2.75) is 18.9 Å². The number of hydrogen-bond donors (Lipinski definition) is 0. The van der Waals surface area contributed by atoms with E-state index in [0.29, 0.717) is 28.1 Å². The van der Waals surface area contributed by atoms with Crippen LogP contribution in [0.15, 0.2) is 72.8 Å². The number of anilines is 1. The van der Waals surface area contributed by atoms with Gasteiger partial charge in [0.05, 0.1) is 19.1 Å². The summed E-state index contributed by atoms with van der Waals surface area (Å²) < 4.78 is 5.22. The van der Waals surface area contributed by atoms with Crippen molar-refractivity contribution in [2.75, 3.05) is 12.0 Å². The van der Waals surface area contributed by atoms with Gasteiger partial charge in [0.25, 0.3) is 5.91 Å². The number of ether oxygens (including phenoxy) is 1. The van der Waals surface area contributed by atoms with E-state index in [2.05, 4.69) is 0 Å². The van der Waals surface area contributed by atoms with E-state index in [1.165, 1.54) is 0 Å². The Labute approximate surface area is 169 Å². The lowest BCUT2D eigenvalue weighted by atomic mass is 9.79. The molecule has 1 aliphatic heterocycles. The molecular formula is C24H20NO4-. The van der Waals surface area contributed by atoms with Crippen molar-refractivity contribution in [3.63, 3.8) is 0 Å². The molecule has 0 radical (unpaired) electrons. The van der Waals surface area contributed by atoms with E-state index in [-0.39, 0.29) is 5.91 Å². The molecular weight excluding hydrogens is 366 g/mol. The number of carboxylic acids is 1. The first kappa shape index (κ1) is 18.7. The Hall–Kier alpha value is -3.60. The summed E-state index contributed by atoms with van der Waals surface area (Å²) in [6.07, 6.45) is 0. The van der Waals surface area contributed by atoms with Crippen molar-refractivity contribution in [3.8, 4) is 5.75 Å². The highest BCUT2D eigenvalue weighted by Crippen LogP contribution is 2.44. The van der Waals surface area contributed by atoms with Gasteiger partial charge in [0.15, 0.2) is 0 Å². The number of aliphatic carboxylic acids is 1. The van der Waals surface area contributed by atoms with Crippen molar-refractivity contribution < 1.29 is 19.4 Å². The van der Waals surface area contributed by atoms with E-state index in [4.69, 9.17) is 4.74 Å². The lowest BCUT2D eigenvalue weighted by Gasteiger charge is -2.43. The molecule has 0 aromatic heterocycles. The minimum absolute atomic E-state index is 0.234. The topological polar surface area (TPSA) is 69.7 Å². The Bertz CT molecular complexity index is 1060. The van der Waals surface area contributed by atoms with Crippen LogP contribution in [0.5, 0.6) is 5.75 Å². The molecule has 29 heavy (non-hydrogen) atoms. The summed E-state index contributed by atoms with van der Waals surface area (Å²) in [6, 6.07) is 20.7. The molecule has 0 aliphatic carbocycles. The molecule has 0 spiro atoms. The van der Waals surface area contributed by atoms with Crippen molar-refractivity contribution in [2.24, 2.45) is 0 Å². The normalized spacial score (nSPS) is 18.3. The van der Waals surface area contributed by atoms with Crippen LogP contribution in [0.1, 0.15) is 39.0 Å². The van der Waals surface area contributed by atoms with Crippen LogP contribution in [-0.4, -0.2) is 19.0 Å². The van der Waals surface area contributed by atoms with Crippen LogP contribution in [0.4, 0.5) is 5.69 Å². The maximum absolute atomic E-state index is 13.5. The zero-order valence-corrected chi connectivity index (χ0v) is 16.2. The van der Waals surface area contributed by atoms with Crippen molar-refractivity contribution in [3.05, 3.63) is 95.1 Å². The minimum Gasteiger partial charge on any atom is -0.549 e. The molecule has 2 atom stereocenters. The zero-order valence-electron chi connectivity index (χ0n) is 16.2. The van der Waals surface area contributed by atoms with Crippen molar-refractivity contribution in [1.29, 1.82) is 0 Å². The van der Waals surface area contributed by atoms with E-state index >= 15 is 0 Å². The summed E-state index contributed by atoms with van der Waals surface area (Å²) in [4.78, 5) is 27.3. The molecule has 0 N–H and O–H groups in total.